The monoisotopic (exact) mass is 422 g/mol. The number of nitrogens with zero attached hydrogens (tertiary/aromatic N) is 3. The third-order valence-corrected chi connectivity index (χ3v) is 5.48. The summed E-state index contributed by atoms with van der Waals surface area (Å²) in [6.07, 6.45) is 1.82. The predicted octanol–water partition coefficient (Wildman–Crippen LogP) is 5.44. The molecule has 6 heteroatoms. The van der Waals surface area contributed by atoms with E-state index in [1.54, 1.807) is 17.1 Å². The fourth-order valence-electron chi connectivity index (χ4n) is 3.76. The van der Waals surface area contributed by atoms with Crippen molar-refractivity contribution < 1.29 is 4.79 Å². The number of hydrogen-bond donors (Lipinski definition) is 1. The third-order valence-electron chi connectivity index (χ3n) is 5.17. The molecule has 1 aliphatic heterocycles. The molecule has 0 unspecified atom stereocenters. The van der Waals surface area contributed by atoms with Crippen molar-refractivity contribution in [2.75, 3.05) is 11.9 Å². The summed E-state index contributed by atoms with van der Waals surface area (Å²) in [5.74, 6) is 0.0269. The normalized spacial score (nSPS) is 14.9. The number of rotatable bonds is 6. The highest BCUT2D eigenvalue weighted by atomic mass is 35.5. The number of hydrazone groups is 1. The van der Waals surface area contributed by atoms with Crippen LogP contribution in [0.1, 0.15) is 55.4 Å². The molecule has 0 spiro atoms. The maximum atomic E-state index is 12.9. The minimum absolute atomic E-state index is 0.0269. The Bertz CT molecular complexity index is 1020. The first-order valence-corrected chi connectivity index (χ1v) is 10.5. The zero-order valence-corrected chi connectivity index (χ0v) is 18.7. The maximum Gasteiger partial charge on any atom is 0.243 e. The SMILES string of the molecule is Cc1cc(C)cc(C2=NN(C(=O)CCCNc3ccc(C#N)c(Cl)c3)C(C)(C)C2)c1. The van der Waals surface area contributed by atoms with Crippen LogP contribution in [0.25, 0.3) is 0 Å². The summed E-state index contributed by atoms with van der Waals surface area (Å²) in [6.45, 7) is 8.90. The summed E-state index contributed by atoms with van der Waals surface area (Å²) in [7, 11) is 0. The van der Waals surface area contributed by atoms with E-state index in [0.717, 1.165) is 23.4 Å². The summed E-state index contributed by atoms with van der Waals surface area (Å²) >= 11 is 6.06. The topological polar surface area (TPSA) is 68.5 Å². The molecule has 5 nitrogen and oxygen atoms in total. The lowest BCUT2D eigenvalue weighted by atomic mass is 9.93. The van der Waals surface area contributed by atoms with E-state index in [4.69, 9.17) is 22.0 Å². The fraction of sp³-hybridized carbons (Fsp3) is 0.375. The number of halogens is 1. The Labute approximate surface area is 183 Å². The van der Waals surface area contributed by atoms with Crippen LogP contribution in [0.15, 0.2) is 41.5 Å². The van der Waals surface area contributed by atoms with Gasteiger partial charge in [0.2, 0.25) is 5.91 Å². The van der Waals surface area contributed by atoms with Crippen LogP contribution in [0.4, 0.5) is 5.69 Å². The van der Waals surface area contributed by atoms with Gasteiger partial charge in [-0.1, -0.05) is 40.9 Å². The second-order valence-corrected chi connectivity index (χ2v) is 8.86. The van der Waals surface area contributed by atoms with Gasteiger partial charge in [0, 0.05) is 25.1 Å². The molecule has 1 amide bonds. The molecule has 1 heterocycles. The highest BCUT2D eigenvalue weighted by Gasteiger charge is 2.38. The molecule has 0 aromatic heterocycles. The van der Waals surface area contributed by atoms with E-state index in [-0.39, 0.29) is 11.4 Å². The molecule has 0 saturated carbocycles. The van der Waals surface area contributed by atoms with Crippen molar-refractivity contribution in [3.8, 4) is 6.07 Å². The van der Waals surface area contributed by atoms with Gasteiger partial charge >= 0.3 is 0 Å². The largest absolute Gasteiger partial charge is 0.385 e. The highest BCUT2D eigenvalue weighted by Crippen LogP contribution is 2.31. The molecule has 0 fully saturated rings. The van der Waals surface area contributed by atoms with Crippen molar-refractivity contribution in [2.45, 2.75) is 52.5 Å². The van der Waals surface area contributed by atoms with Crippen molar-refractivity contribution in [3.05, 3.63) is 63.7 Å². The zero-order chi connectivity index (χ0) is 21.9. The van der Waals surface area contributed by atoms with Crippen LogP contribution >= 0.6 is 11.6 Å². The van der Waals surface area contributed by atoms with Crippen LogP contribution in [0.5, 0.6) is 0 Å². The molecule has 2 aromatic carbocycles. The van der Waals surface area contributed by atoms with Crippen LogP contribution in [-0.4, -0.2) is 28.7 Å². The van der Waals surface area contributed by atoms with Crippen LogP contribution in [0.2, 0.25) is 5.02 Å². The number of carbonyl (C=O) groups excluding carboxylic acids is 1. The lowest BCUT2D eigenvalue weighted by Crippen LogP contribution is -2.40. The first-order valence-electron chi connectivity index (χ1n) is 10.1. The number of anilines is 1. The van der Waals surface area contributed by atoms with Gasteiger partial charge in [0.1, 0.15) is 6.07 Å². The standard InChI is InChI=1S/C24H27ClN4O/c1-16-10-17(2)12-19(11-16)22-14-24(3,4)29(28-22)23(30)6-5-9-27-20-8-7-18(15-26)21(25)13-20/h7-8,10-13,27H,5-6,9,14H2,1-4H3. The Balaban J connectivity index is 1.59. The molecular formula is C24H27ClN4O. The number of nitriles is 1. The first-order chi connectivity index (χ1) is 14.2. The summed E-state index contributed by atoms with van der Waals surface area (Å²) in [5.41, 5.74) is 5.40. The number of benzene rings is 2. The fourth-order valence-corrected chi connectivity index (χ4v) is 3.99. The molecule has 0 atom stereocenters. The van der Waals surface area contributed by atoms with Gasteiger partial charge in [-0.25, -0.2) is 5.01 Å². The highest BCUT2D eigenvalue weighted by molar-refractivity contribution is 6.32. The van der Waals surface area contributed by atoms with Crippen LogP contribution < -0.4 is 5.32 Å². The van der Waals surface area contributed by atoms with E-state index in [9.17, 15) is 4.79 Å². The smallest absolute Gasteiger partial charge is 0.243 e. The number of aryl methyl sites for hydroxylation is 2. The predicted molar refractivity (Wildman–Crippen MR) is 122 cm³/mol. The van der Waals surface area contributed by atoms with Crippen molar-refractivity contribution in [3.63, 3.8) is 0 Å². The molecule has 0 saturated heterocycles. The number of hydrogen-bond acceptors (Lipinski definition) is 4. The summed E-state index contributed by atoms with van der Waals surface area (Å²) in [4.78, 5) is 12.9. The maximum absolute atomic E-state index is 12.9. The van der Waals surface area contributed by atoms with Gasteiger partial charge in [-0.05, 0) is 57.9 Å². The summed E-state index contributed by atoms with van der Waals surface area (Å²) in [6, 6.07) is 13.7. The minimum Gasteiger partial charge on any atom is -0.385 e. The van der Waals surface area contributed by atoms with Gasteiger partial charge in [-0.3, -0.25) is 4.79 Å². The van der Waals surface area contributed by atoms with Gasteiger partial charge in [-0.15, -0.1) is 0 Å². The molecule has 1 N–H and O–H groups in total. The van der Waals surface area contributed by atoms with Gasteiger partial charge in [-0.2, -0.15) is 10.4 Å². The van der Waals surface area contributed by atoms with E-state index < -0.39 is 0 Å². The van der Waals surface area contributed by atoms with Crippen LogP contribution in [0, 0.1) is 25.2 Å². The summed E-state index contributed by atoms with van der Waals surface area (Å²) in [5, 5.41) is 19.0. The van der Waals surface area contributed by atoms with Crippen molar-refractivity contribution in [1.29, 1.82) is 5.26 Å². The second-order valence-electron chi connectivity index (χ2n) is 8.45. The average Bonchev–Trinajstić information content (AvgIpc) is 3.00. The molecule has 0 radical (unpaired) electrons. The molecule has 156 valence electrons. The van der Waals surface area contributed by atoms with Crippen LogP contribution in [0.3, 0.4) is 0 Å². The molecule has 2 aromatic rings. The Kier molecular flexibility index (Phi) is 6.48. The Morgan fingerprint density at radius 3 is 2.57 bits per heavy atom. The number of nitrogens with one attached hydrogen (secondary N) is 1. The molecule has 3 rings (SSSR count). The van der Waals surface area contributed by atoms with Crippen molar-refractivity contribution in [1.82, 2.24) is 5.01 Å². The van der Waals surface area contributed by atoms with E-state index in [1.165, 1.54) is 11.1 Å². The molecular weight excluding hydrogens is 396 g/mol. The Morgan fingerprint density at radius 2 is 1.93 bits per heavy atom. The second kappa shape index (κ2) is 8.89. The van der Waals surface area contributed by atoms with Crippen molar-refractivity contribution in [2.24, 2.45) is 5.10 Å². The lowest BCUT2D eigenvalue weighted by molar-refractivity contribution is -0.135. The first kappa shape index (κ1) is 21.9. The van der Waals surface area contributed by atoms with E-state index in [0.29, 0.717) is 30.0 Å². The molecule has 1 aliphatic rings. The van der Waals surface area contributed by atoms with E-state index in [2.05, 4.69) is 51.2 Å². The summed E-state index contributed by atoms with van der Waals surface area (Å²) < 4.78 is 0. The Hall–Kier alpha value is -2.84. The average molecular weight is 423 g/mol. The number of amides is 1. The lowest BCUT2D eigenvalue weighted by Gasteiger charge is -2.28. The van der Waals surface area contributed by atoms with Gasteiger partial charge in [0.25, 0.3) is 0 Å². The minimum atomic E-state index is -0.335. The van der Waals surface area contributed by atoms with E-state index in [1.807, 2.05) is 12.1 Å². The van der Waals surface area contributed by atoms with Gasteiger partial charge < -0.3 is 5.32 Å². The van der Waals surface area contributed by atoms with Crippen LogP contribution in [-0.2, 0) is 4.79 Å². The zero-order valence-electron chi connectivity index (χ0n) is 17.9. The van der Waals surface area contributed by atoms with Gasteiger partial charge in [0.15, 0.2) is 0 Å². The van der Waals surface area contributed by atoms with Gasteiger partial charge in [0.05, 0.1) is 21.8 Å². The quantitative estimate of drug-likeness (QED) is 0.630. The molecule has 30 heavy (non-hydrogen) atoms. The Morgan fingerprint density at radius 1 is 1.23 bits per heavy atom. The number of carbonyl (C=O) groups is 1. The molecule has 0 aliphatic carbocycles. The van der Waals surface area contributed by atoms with E-state index >= 15 is 0 Å². The molecule has 0 bridgehead atoms. The van der Waals surface area contributed by atoms with Crippen molar-refractivity contribution >= 4 is 28.9 Å². The third kappa shape index (κ3) is 5.01.